The Morgan fingerprint density at radius 2 is 2.10 bits per heavy atom. The summed E-state index contributed by atoms with van der Waals surface area (Å²) in [7, 11) is 1.76. The molecule has 0 aliphatic carbocycles. The van der Waals surface area contributed by atoms with Crippen molar-refractivity contribution in [3.63, 3.8) is 0 Å². The number of carboxylic acid groups (broad SMARTS) is 1. The smallest absolute Gasteiger partial charge is 0.320 e. The number of carbonyl (C=O) groups is 2. The fourth-order valence-electron chi connectivity index (χ4n) is 2.42. The zero-order valence-electron chi connectivity index (χ0n) is 12.1. The molecular formula is C15H20N2O3S. The van der Waals surface area contributed by atoms with Crippen LogP contribution in [0.1, 0.15) is 12.0 Å². The lowest BCUT2D eigenvalue weighted by Crippen LogP contribution is -2.51. The van der Waals surface area contributed by atoms with E-state index in [1.165, 1.54) is 0 Å². The van der Waals surface area contributed by atoms with Crippen LogP contribution in [-0.2, 0) is 11.3 Å². The molecule has 0 bridgehead atoms. The maximum absolute atomic E-state index is 12.5. The van der Waals surface area contributed by atoms with E-state index in [0.29, 0.717) is 18.8 Å². The Balaban J connectivity index is 2.00. The molecule has 1 atom stereocenters. The lowest BCUT2D eigenvalue weighted by atomic mass is 10.2. The second-order valence-electron chi connectivity index (χ2n) is 5.14. The van der Waals surface area contributed by atoms with Gasteiger partial charge in [-0.05, 0) is 5.56 Å². The molecule has 1 aromatic rings. The minimum Gasteiger partial charge on any atom is -0.481 e. The third-order valence-corrected chi connectivity index (χ3v) is 4.56. The van der Waals surface area contributed by atoms with Gasteiger partial charge in [0.2, 0.25) is 0 Å². The van der Waals surface area contributed by atoms with Crippen molar-refractivity contribution < 1.29 is 14.7 Å². The predicted molar refractivity (Wildman–Crippen MR) is 83.4 cm³/mol. The molecule has 21 heavy (non-hydrogen) atoms. The van der Waals surface area contributed by atoms with E-state index in [1.54, 1.807) is 28.6 Å². The van der Waals surface area contributed by atoms with E-state index >= 15 is 0 Å². The summed E-state index contributed by atoms with van der Waals surface area (Å²) < 4.78 is 0. The van der Waals surface area contributed by atoms with Crippen LogP contribution in [-0.4, -0.2) is 58.0 Å². The van der Waals surface area contributed by atoms with E-state index in [4.69, 9.17) is 5.11 Å². The molecule has 1 aliphatic rings. The number of carbonyl (C=O) groups excluding carboxylic acids is 1. The van der Waals surface area contributed by atoms with E-state index in [2.05, 4.69) is 0 Å². The van der Waals surface area contributed by atoms with Gasteiger partial charge in [-0.2, -0.15) is 11.8 Å². The molecule has 1 unspecified atom stereocenters. The van der Waals surface area contributed by atoms with Crippen molar-refractivity contribution in [2.24, 2.45) is 0 Å². The van der Waals surface area contributed by atoms with Crippen molar-refractivity contribution in [1.29, 1.82) is 0 Å². The molecule has 0 radical (unpaired) electrons. The minimum absolute atomic E-state index is 0.0118. The normalized spacial score (nSPS) is 18.3. The van der Waals surface area contributed by atoms with Gasteiger partial charge >= 0.3 is 12.0 Å². The largest absolute Gasteiger partial charge is 0.481 e. The minimum atomic E-state index is -0.856. The van der Waals surface area contributed by atoms with E-state index in [0.717, 1.165) is 11.3 Å². The van der Waals surface area contributed by atoms with Gasteiger partial charge in [-0.1, -0.05) is 30.3 Å². The fraction of sp³-hybridized carbons (Fsp3) is 0.467. The predicted octanol–water partition coefficient (Wildman–Crippen LogP) is 2.13. The molecule has 0 aromatic heterocycles. The van der Waals surface area contributed by atoms with Gasteiger partial charge in [-0.15, -0.1) is 0 Å². The summed E-state index contributed by atoms with van der Waals surface area (Å²) in [4.78, 5) is 26.8. The second-order valence-corrected chi connectivity index (χ2v) is 6.29. The summed E-state index contributed by atoms with van der Waals surface area (Å²) in [5.41, 5.74) is 1.06. The summed E-state index contributed by atoms with van der Waals surface area (Å²) in [6.45, 7) is 1.14. The van der Waals surface area contributed by atoms with Crippen molar-refractivity contribution in [2.45, 2.75) is 19.0 Å². The zero-order valence-corrected chi connectivity index (χ0v) is 12.9. The summed E-state index contributed by atoms with van der Waals surface area (Å²) in [6.07, 6.45) is 0.0118. The first-order chi connectivity index (χ1) is 10.1. The Morgan fingerprint density at radius 3 is 2.76 bits per heavy atom. The van der Waals surface area contributed by atoms with Gasteiger partial charge in [0.1, 0.15) is 0 Å². The number of thioether (sulfide) groups is 1. The Bertz CT molecular complexity index is 495. The standard InChI is InChI=1S/C15H20N2O3S/c1-16(10-12-5-3-2-4-6-12)15(20)17-7-8-21-11-13(17)9-14(18)19/h2-6,13H,7-11H2,1H3,(H,18,19). The van der Waals surface area contributed by atoms with Gasteiger partial charge in [0.25, 0.3) is 0 Å². The van der Waals surface area contributed by atoms with Crippen LogP contribution in [0.25, 0.3) is 0 Å². The Labute approximate surface area is 128 Å². The molecule has 1 N–H and O–H groups in total. The molecule has 1 saturated heterocycles. The number of hydrogen-bond donors (Lipinski definition) is 1. The van der Waals surface area contributed by atoms with Crippen LogP contribution in [0.5, 0.6) is 0 Å². The number of urea groups is 1. The molecule has 5 nitrogen and oxygen atoms in total. The van der Waals surface area contributed by atoms with E-state index in [-0.39, 0.29) is 18.5 Å². The molecule has 0 saturated carbocycles. The maximum Gasteiger partial charge on any atom is 0.320 e. The Kier molecular flexibility index (Phi) is 5.50. The average molecular weight is 308 g/mol. The number of hydrogen-bond acceptors (Lipinski definition) is 3. The van der Waals surface area contributed by atoms with Gasteiger partial charge in [0.05, 0.1) is 12.5 Å². The van der Waals surface area contributed by atoms with Gasteiger partial charge in [0.15, 0.2) is 0 Å². The molecular weight excluding hydrogens is 288 g/mol. The number of rotatable bonds is 4. The lowest BCUT2D eigenvalue weighted by Gasteiger charge is -2.37. The number of carboxylic acids is 1. The topological polar surface area (TPSA) is 60.9 Å². The highest BCUT2D eigenvalue weighted by molar-refractivity contribution is 7.99. The molecule has 6 heteroatoms. The molecule has 2 amide bonds. The maximum atomic E-state index is 12.5. The Hall–Kier alpha value is -1.69. The number of benzene rings is 1. The summed E-state index contributed by atoms with van der Waals surface area (Å²) in [5, 5.41) is 8.98. The van der Waals surface area contributed by atoms with Crippen LogP contribution in [0.2, 0.25) is 0 Å². The third-order valence-electron chi connectivity index (χ3n) is 3.47. The van der Waals surface area contributed by atoms with E-state index in [1.807, 2.05) is 30.3 Å². The summed E-state index contributed by atoms with van der Waals surface area (Å²) in [6, 6.07) is 9.47. The molecule has 1 heterocycles. The number of nitrogens with zero attached hydrogens (tertiary/aromatic N) is 2. The molecule has 1 aliphatic heterocycles. The quantitative estimate of drug-likeness (QED) is 0.925. The van der Waals surface area contributed by atoms with Crippen LogP contribution in [0, 0.1) is 0 Å². The second kappa shape index (κ2) is 7.36. The number of amides is 2. The molecule has 0 spiro atoms. The highest BCUT2D eigenvalue weighted by Crippen LogP contribution is 2.20. The third kappa shape index (κ3) is 4.39. The Morgan fingerprint density at radius 1 is 1.38 bits per heavy atom. The molecule has 1 aromatic carbocycles. The monoisotopic (exact) mass is 308 g/mol. The first-order valence-corrected chi connectivity index (χ1v) is 8.08. The highest BCUT2D eigenvalue weighted by Gasteiger charge is 2.30. The molecule has 2 rings (SSSR count). The van der Waals surface area contributed by atoms with E-state index in [9.17, 15) is 9.59 Å². The SMILES string of the molecule is CN(Cc1ccccc1)C(=O)N1CCSCC1CC(=O)O. The van der Waals surface area contributed by atoms with Crippen molar-refractivity contribution in [3.05, 3.63) is 35.9 Å². The summed E-state index contributed by atoms with van der Waals surface area (Å²) >= 11 is 1.71. The van der Waals surface area contributed by atoms with Crippen molar-refractivity contribution in [3.8, 4) is 0 Å². The van der Waals surface area contributed by atoms with Crippen molar-refractivity contribution in [1.82, 2.24) is 9.80 Å². The zero-order chi connectivity index (χ0) is 15.2. The van der Waals surface area contributed by atoms with Crippen LogP contribution in [0.15, 0.2) is 30.3 Å². The fourth-order valence-corrected chi connectivity index (χ4v) is 3.48. The van der Waals surface area contributed by atoms with Gasteiger partial charge < -0.3 is 14.9 Å². The van der Waals surface area contributed by atoms with Gasteiger partial charge in [0, 0.05) is 31.6 Å². The summed E-state index contributed by atoms with van der Waals surface area (Å²) in [5.74, 6) is 0.698. The number of aliphatic carboxylic acids is 1. The van der Waals surface area contributed by atoms with Crippen LogP contribution in [0.3, 0.4) is 0 Å². The van der Waals surface area contributed by atoms with Crippen molar-refractivity contribution >= 4 is 23.8 Å². The van der Waals surface area contributed by atoms with Gasteiger partial charge in [-0.3, -0.25) is 4.79 Å². The first-order valence-electron chi connectivity index (χ1n) is 6.93. The van der Waals surface area contributed by atoms with Crippen molar-refractivity contribution in [2.75, 3.05) is 25.1 Å². The highest BCUT2D eigenvalue weighted by atomic mass is 32.2. The molecule has 1 fully saturated rings. The van der Waals surface area contributed by atoms with Gasteiger partial charge in [-0.25, -0.2) is 4.79 Å². The first kappa shape index (κ1) is 15.7. The van der Waals surface area contributed by atoms with E-state index < -0.39 is 5.97 Å². The van der Waals surface area contributed by atoms with Crippen LogP contribution < -0.4 is 0 Å². The molecule has 114 valence electrons. The van der Waals surface area contributed by atoms with Crippen LogP contribution in [0.4, 0.5) is 4.79 Å². The lowest BCUT2D eigenvalue weighted by molar-refractivity contribution is -0.138. The van der Waals surface area contributed by atoms with Crippen LogP contribution >= 0.6 is 11.8 Å². The average Bonchev–Trinajstić information content (AvgIpc) is 2.47.